The van der Waals surface area contributed by atoms with Gasteiger partial charge in [-0.15, -0.1) is 0 Å². The van der Waals surface area contributed by atoms with Gasteiger partial charge in [-0.2, -0.15) is 0 Å². The summed E-state index contributed by atoms with van der Waals surface area (Å²) >= 11 is 0. The fourth-order valence-corrected chi connectivity index (χ4v) is 1.93. The van der Waals surface area contributed by atoms with Gasteiger partial charge >= 0.3 is 11.9 Å². The Morgan fingerprint density at radius 1 is 0.679 bits per heavy atom. The molecule has 4 heteroatoms. The first-order chi connectivity index (χ1) is 13.4. The molecule has 0 saturated carbocycles. The molecule has 0 aliphatic heterocycles. The van der Waals surface area contributed by atoms with Crippen LogP contribution in [0.25, 0.3) is 11.1 Å². The van der Waals surface area contributed by atoms with E-state index in [1.54, 1.807) is 13.8 Å². The molecule has 0 saturated heterocycles. The van der Waals surface area contributed by atoms with Crippen molar-refractivity contribution in [3.8, 4) is 35.2 Å². The molecule has 0 spiro atoms. The molecule has 0 N–H and O–H groups in total. The van der Waals surface area contributed by atoms with Crippen molar-refractivity contribution < 1.29 is 19.1 Å². The van der Waals surface area contributed by atoms with E-state index in [4.69, 9.17) is 9.47 Å². The second kappa shape index (κ2) is 9.62. The van der Waals surface area contributed by atoms with Gasteiger partial charge in [0.05, 0.1) is 0 Å². The molecular weight excluding hydrogens is 352 g/mol. The number of rotatable bonds is 3. The number of carbonyl (C=O) groups excluding carboxylic acids is 2. The molecule has 0 heterocycles. The number of hydrogen-bond donors (Lipinski definition) is 0. The Morgan fingerprint density at radius 2 is 1.00 bits per heavy atom. The zero-order chi connectivity index (χ0) is 20.5. The molecule has 2 rings (SSSR count). The summed E-state index contributed by atoms with van der Waals surface area (Å²) in [5.74, 6) is 4.44. The zero-order valence-electron chi connectivity index (χ0n) is 15.7. The quantitative estimate of drug-likeness (QED) is 0.461. The van der Waals surface area contributed by atoms with Crippen molar-refractivity contribution in [2.45, 2.75) is 13.8 Å². The van der Waals surface area contributed by atoms with Crippen LogP contribution in [0.15, 0.2) is 72.8 Å². The van der Waals surface area contributed by atoms with Gasteiger partial charge in [-0.1, -0.05) is 37.4 Å². The second-order valence-electron chi connectivity index (χ2n) is 5.95. The summed E-state index contributed by atoms with van der Waals surface area (Å²) in [6.07, 6.45) is 4.73. The normalized spacial score (nSPS) is 9.07. The molecule has 2 aromatic rings. The summed E-state index contributed by atoms with van der Waals surface area (Å²) in [7, 11) is 0. The Morgan fingerprint density at radius 3 is 1.29 bits per heavy atom. The Hall–Kier alpha value is -4.02. The van der Waals surface area contributed by atoms with E-state index in [1.807, 2.05) is 48.5 Å². The van der Waals surface area contributed by atoms with E-state index in [9.17, 15) is 9.59 Å². The van der Waals surface area contributed by atoms with E-state index >= 15 is 0 Å². The highest BCUT2D eigenvalue weighted by Gasteiger charge is 2.01. The molecule has 0 radical (unpaired) electrons. The standard InChI is InChI=1S/C24H18O4/c1-17(2)23(25)27-15-13-19-5-9-21(10-6-19)22-11-7-20(8-12-22)14-16-28-24(26)18(3)4/h5-12H,1,3H2,2,4H3. The largest absolute Gasteiger partial charge is 0.368 e. The average molecular weight is 370 g/mol. The molecule has 2 aromatic carbocycles. The molecule has 0 amide bonds. The lowest BCUT2D eigenvalue weighted by atomic mass is 10.0. The minimum absolute atomic E-state index is 0.298. The first-order valence-electron chi connectivity index (χ1n) is 8.32. The van der Waals surface area contributed by atoms with E-state index in [0.717, 1.165) is 22.3 Å². The van der Waals surface area contributed by atoms with Crippen LogP contribution in [0.1, 0.15) is 25.0 Å². The van der Waals surface area contributed by atoms with Gasteiger partial charge in [-0.3, -0.25) is 0 Å². The van der Waals surface area contributed by atoms with E-state index in [-0.39, 0.29) is 0 Å². The first-order valence-corrected chi connectivity index (χ1v) is 8.32. The lowest BCUT2D eigenvalue weighted by Crippen LogP contribution is -1.99. The van der Waals surface area contributed by atoms with Crippen molar-refractivity contribution in [3.63, 3.8) is 0 Å². The molecule has 138 valence electrons. The minimum Gasteiger partial charge on any atom is -0.368 e. The van der Waals surface area contributed by atoms with Crippen molar-refractivity contribution in [2.75, 3.05) is 0 Å². The molecule has 0 unspecified atom stereocenters. The summed E-state index contributed by atoms with van der Waals surface area (Å²) < 4.78 is 9.49. The van der Waals surface area contributed by atoms with E-state index in [1.165, 1.54) is 0 Å². The number of hydrogen-bond acceptors (Lipinski definition) is 4. The van der Waals surface area contributed by atoms with Crippen molar-refractivity contribution in [1.29, 1.82) is 0 Å². The summed E-state index contributed by atoms with van der Waals surface area (Å²) in [5.41, 5.74) is 4.04. The van der Waals surface area contributed by atoms with Gasteiger partial charge in [-0.05, 0) is 61.1 Å². The lowest BCUT2D eigenvalue weighted by molar-refractivity contribution is -0.133. The van der Waals surface area contributed by atoms with Gasteiger partial charge in [0.2, 0.25) is 0 Å². The van der Waals surface area contributed by atoms with Crippen molar-refractivity contribution in [2.24, 2.45) is 0 Å². The van der Waals surface area contributed by atoms with Crippen LogP contribution in [0.3, 0.4) is 0 Å². The lowest BCUT2D eigenvalue weighted by Gasteiger charge is -2.02. The molecule has 0 atom stereocenters. The Bertz CT molecular complexity index is 947. The number of benzene rings is 2. The Labute approximate surface area is 164 Å². The number of carbonyl (C=O) groups is 2. The van der Waals surface area contributed by atoms with Crippen LogP contribution < -0.4 is 0 Å². The van der Waals surface area contributed by atoms with Crippen molar-refractivity contribution in [3.05, 3.63) is 84.0 Å². The van der Waals surface area contributed by atoms with E-state index < -0.39 is 11.9 Å². The molecule has 0 fully saturated rings. The van der Waals surface area contributed by atoms with Gasteiger partial charge < -0.3 is 9.47 Å². The van der Waals surface area contributed by atoms with Gasteiger partial charge in [0, 0.05) is 22.3 Å². The molecule has 0 aromatic heterocycles. The molecule has 28 heavy (non-hydrogen) atoms. The van der Waals surface area contributed by atoms with Crippen LogP contribution in [0.4, 0.5) is 0 Å². The number of ether oxygens (including phenoxy) is 2. The van der Waals surface area contributed by atoms with Crippen LogP contribution in [0.5, 0.6) is 0 Å². The maximum Gasteiger partial charge on any atom is 0.347 e. The van der Waals surface area contributed by atoms with Gasteiger partial charge in [0.25, 0.3) is 0 Å². The summed E-state index contributed by atoms with van der Waals surface area (Å²) in [4.78, 5) is 22.5. The van der Waals surface area contributed by atoms with Crippen LogP contribution in [-0.2, 0) is 19.1 Å². The highest BCUT2D eigenvalue weighted by atomic mass is 16.5. The van der Waals surface area contributed by atoms with Crippen molar-refractivity contribution >= 4 is 11.9 Å². The highest BCUT2D eigenvalue weighted by molar-refractivity contribution is 5.88. The fraction of sp³-hybridized carbons (Fsp3) is 0.0833. The van der Waals surface area contributed by atoms with E-state index in [2.05, 4.69) is 37.2 Å². The van der Waals surface area contributed by atoms with Crippen LogP contribution in [0, 0.1) is 24.1 Å². The third-order valence-electron chi connectivity index (χ3n) is 3.48. The zero-order valence-corrected chi connectivity index (χ0v) is 15.7. The molecular formula is C24H18O4. The van der Waals surface area contributed by atoms with Crippen molar-refractivity contribution in [1.82, 2.24) is 0 Å². The third kappa shape index (κ3) is 6.05. The van der Waals surface area contributed by atoms with Crippen LogP contribution in [-0.4, -0.2) is 11.9 Å². The summed E-state index contributed by atoms with van der Waals surface area (Å²) in [6.45, 7) is 10.1. The predicted octanol–water partition coefficient (Wildman–Crippen LogP) is 4.21. The molecule has 4 nitrogen and oxygen atoms in total. The highest BCUT2D eigenvalue weighted by Crippen LogP contribution is 2.20. The SMILES string of the molecule is C=C(C)C(=O)OC#Cc1ccc(-c2ccc(C#COC(=O)C(=C)C)cc2)cc1. The Balaban J connectivity index is 2.02. The maximum atomic E-state index is 11.3. The summed E-state index contributed by atoms with van der Waals surface area (Å²) in [6, 6.07) is 15.0. The molecule has 0 bridgehead atoms. The monoisotopic (exact) mass is 370 g/mol. The first kappa shape index (κ1) is 20.3. The Kier molecular flexibility index (Phi) is 6.97. The van der Waals surface area contributed by atoms with Gasteiger partial charge in [-0.25, -0.2) is 9.59 Å². The van der Waals surface area contributed by atoms with E-state index in [0.29, 0.717) is 11.1 Å². The molecule has 0 aliphatic rings. The van der Waals surface area contributed by atoms with Gasteiger partial charge in [0.1, 0.15) is 12.2 Å². The molecule has 0 aliphatic carbocycles. The smallest absolute Gasteiger partial charge is 0.347 e. The maximum absolute atomic E-state index is 11.3. The average Bonchev–Trinajstić information content (AvgIpc) is 2.68. The van der Waals surface area contributed by atoms with Crippen LogP contribution >= 0.6 is 0 Å². The summed E-state index contributed by atoms with van der Waals surface area (Å²) in [5, 5.41) is 0. The van der Waals surface area contributed by atoms with Crippen LogP contribution in [0.2, 0.25) is 0 Å². The third-order valence-corrected chi connectivity index (χ3v) is 3.48. The van der Waals surface area contributed by atoms with Gasteiger partial charge in [0.15, 0.2) is 0 Å². The minimum atomic E-state index is -0.540. The second-order valence-corrected chi connectivity index (χ2v) is 5.95. The number of esters is 2. The topological polar surface area (TPSA) is 52.6 Å². The predicted molar refractivity (Wildman–Crippen MR) is 107 cm³/mol. The fourth-order valence-electron chi connectivity index (χ4n) is 1.93.